The Balaban J connectivity index is 4.99. The topological polar surface area (TPSA) is 27.7 Å². The molecule has 0 aliphatic heterocycles. The van der Waals surface area contributed by atoms with E-state index in [1.807, 2.05) is 7.05 Å². The lowest BCUT2D eigenvalue weighted by Gasteiger charge is -2.04. The summed E-state index contributed by atoms with van der Waals surface area (Å²) in [5.74, 6) is 1.34. The molecule has 0 aliphatic carbocycles. The second-order valence-electron chi connectivity index (χ2n) is 3.04. The molecule has 0 heterocycles. The Morgan fingerprint density at radius 2 is 1.92 bits per heavy atom. The van der Waals surface area contributed by atoms with Crippen molar-refractivity contribution in [2.24, 2.45) is 16.0 Å². The average Bonchev–Trinajstić information content (AvgIpc) is 2.05. The molecule has 68 valence electrons. The molecule has 0 bridgehead atoms. The van der Waals surface area contributed by atoms with E-state index in [0.29, 0.717) is 5.92 Å². The maximum absolute atomic E-state index is 4.00. The molecule has 3 heteroatoms. The summed E-state index contributed by atoms with van der Waals surface area (Å²) in [5, 5.41) is 4.00. The molecule has 0 atom stereocenters. The fraction of sp³-hybridized carbons (Fsp3) is 0.667. The molecule has 0 aromatic rings. The van der Waals surface area contributed by atoms with E-state index < -0.39 is 0 Å². The number of rotatable bonds is 3. The van der Waals surface area contributed by atoms with Crippen molar-refractivity contribution >= 4 is 6.72 Å². The lowest BCUT2D eigenvalue weighted by molar-refractivity contribution is -0.518. The van der Waals surface area contributed by atoms with Gasteiger partial charge in [0.25, 0.3) is 0 Å². The second-order valence-corrected chi connectivity index (χ2v) is 3.04. The van der Waals surface area contributed by atoms with Crippen LogP contribution >= 0.6 is 0 Å². The molecule has 3 nitrogen and oxygen atoms in total. The SMILES string of the molecule is C=NC(=C(\C)C(C)C)/[N+](C)=N\C. The van der Waals surface area contributed by atoms with Gasteiger partial charge in [-0.2, -0.15) is 0 Å². The van der Waals surface area contributed by atoms with Crippen molar-refractivity contribution in [3.8, 4) is 0 Å². The van der Waals surface area contributed by atoms with Crippen LogP contribution in [0, 0.1) is 5.92 Å². The number of allylic oxidation sites excluding steroid dienone is 1. The summed E-state index contributed by atoms with van der Waals surface area (Å²) in [5.41, 5.74) is 1.21. The highest BCUT2D eigenvalue weighted by atomic mass is 15.3. The summed E-state index contributed by atoms with van der Waals surface area (Å²) in [6.45, 7) is 9.83. The van der Waals surface area contributed by atoms with Crippen molar-refractivity contribution in [1.82, 2.24) is 0 Å². The van der Waals surface area contributed by atoms with E-state index in [1.165, 1.54) is 5.57 Å². The number of aliphatic imine (C=N–C) groups is 1. The van der Waals surface area contributed by atoms with Crippen molar-refractivity contribution in [1.29, 1.82) is 0 Å². The van der Waals surface area contributed by atoms with Crippen molar-refractivity contribution in [2.75, 3.05) is 14.1 Å². The third-order valence-corrected chi connectivity index (χ3v) is 1.98. The number of azo groups is 2. The van der Waals surface area contributed by atoms with E-state index in [4.69, 9.17) is 0 Å². The summed E-state index contributed by atoms with van der Waals surface area (Å²) in [6.07, 6.45) is 0. The molecule has 0 aromatic carbocycles. The van der Waals surface area contributed by atoms with Crippen LogP contribution in [0.4, 0.5) is 0 Å². The molecule has 0 aliphatic rings. The Bertz CT molecular complexity index is 224. The minimum Gasteiger partial charge on any atom is -0.139 e. The first-order valence-corrected chi connectivity index (χ1v) is 4.05. The largest absolute Gasteiger partial charge is 0.340 e. The van der Waals surface area contributed by atoms with Gasteiger partial charge in [-0.1, -0.05) is 18.8 Å². The molecule has 0 saturated heterocycles. The van der Waals surface area contributed by atoms with Crippen LogP contribution in [0.3, 0.4) is 0 Å². The highest BCUT2D eigenvalue weighted by Crippen LogP contribution is 2.14. The van der Waals surface area contributed by atoms with Crippen LogP contribution in [0.15, 0.2) is 21.5 Å². The monoisotopic (exact) mass is 168 g/mol. The normalized spacial score (nSPS) is 14.7. The maximum Gasteiger partial charge on any atom is 0.340 e. The van der Waals surface area contributed by atoms with Crippen LogP contribution in [-0.4, -0.2) is 25.5 Å². The number of hydrogen-bond acceptors (Lipinski definition) is 2. The van der Waals surface area contributed by atoms with E-state index in [-0.39, 0.29) is 0 Å². The molecule has 0 radical (unpaired) electrons. The molecule has 0 aromatic heterocycles. The van der Waals surface area contributed by atoms with Crippen LogP contribution in [0.2, 0.25) is 0 Å². The zero-order chi connectivity index (χ0) is 9.72. The van der Waals surface area contributed by atoms with E-state index in [9.17, 15) is 0 Å². The summed E-state index contributed by atoms with van der Waals surface area (Å²) >= 11 is 0. The summed E-state index contributed by atoms with van der Waals surface area (Å²) < 4.78 is 1.74. The fourth-order valence-electron chi connectivity index (χ4n) is 0.835. The van der Waals surface area contributed by atoms with Gasteiger partial charge in [0.15, 0.2) is 0 Å². The molecule has 0 saturated carbocycles. The molecule has 0 unspecified atom stereocenters. The van der Waals surface area contributed by atoms with Crippen LogP contribution in [-0.2, 0) is 0 Å². The molecule has 0 fully saturated rings. The summed E-state index contributed by atoms with van der Waals surface area (Å²) in [6, 6.07) is 0. The van der Waals surface area contributed by atoms with Gasteiger partial charge in [0.1, 0.15) is 13.8 Å². The van der Waals surface area contributed by atoms with E-state index in [1.54, 1.807) is 11.7 Å². The first-order valence-electron chi connectivity index (χ1n) is 4.05. The lowest BCUT2D eigenvalue weighted by atomic mass is 10.1. The Hall–Kier alpha value is -0.990. The van der Waals surface area contributed by atoms with Crippen molar-refractivity contribution in [3.63, 3.8) is 0 Å². The highest BCUT2D eigenvalue weighted by Gasteiger charge is 2.13. The molecule has 12 heavy (non-hydrogen) atoms. The Morgan fingerprint density at radius 1 is 1.42 bits per heavy atom. The van der Waals surface area contributed by atoms with Crippen LogP contribution < -0.4 is 0 Å². The van der Waals surface area contributed by atoms with Gasteiger partial charge in [0.05, 0.1) is 7.05 Å². The predicted molar refractivity (Wildman–Crippen MR) is 51.6 cm³/mol. The third-order valence-electron chi connectivity index (χ3n) is 1.98. The van der Waals surface area contributed by atoms with Gasteiger partial charge in [-0.3, -0.25) is 0 Å². The Labute approximate surface area is 74.5 Å². The quantitative estimate of drug-likeness (QED) is 0.351. The zero-order valence-corrected chi connectivity index (χ0v) is 8.63. The van der Waals surface area contributed by atoms with E-state index >= 15 is 0 Å². The van der Waals surface area contributed by atoms with Crippen molar-refractivity contribution < 1.29 is 4.70 Å². The van der Waals surface area contributed by atoms with Gasteiger partial charge in [-0.05, 0) is 12.8 Å². The Kier molecular flexibility index (Phi) is 4.40. The first kappa shape index (κ1) is 11.0. The highest BCUT2D eigenvalue weighted by molar-refractivity contribution is 5.28. The zero-order valence-electron chi connectivity index (χ0n) is 8.63. The average molecular weight is 168 g/mol. The molecule has 0 spiro atoms. The van der Waals surface area contributed by atoms with E-state index in [0.717, 1.165) is 5.82 Å². The van der Waals surface area contributed by atoms with Gasteiger partial charge >= 0.3 is 5.82 Å². The standard InChI is InChI=1S/C9H18N3/c1-7(2)8(3)9(10-4)12(6)11-5/h7H,4H2,1-3,5-6H3/q+1/b9-8-,12-11-. The molecular weight excluding hydrogens is 150 g/mol. The maximum atomic E-state index is 4.00. The van der Waals surface area contributed by atoms with Gasteiger partial charge in [-0.25, -0.2) is 0 Å². The minimum atomic E-state index is 0.481. The van der Waals surface area contributed by atoms with E-state index in [2.05, 4.69) is 37.6 Å². The van der Waals surface area contributed by atoms with Gasteiger partial charge < -0.3 is 0 Å². The lowest BCUT2D eigenvalue weighted by Crippen LogP contribution is -2.05. The van der Waals surface area contributed by atoms with Crippen molar-refractivity contribution in [2.45, 2.75) is 20.8 Å². The molecule has 0 rings (SSSR count). The summed E-state index contributed by atoms with van der Waals surface area (Å²) in [7, 11) is 3.61. The fourth-order valence-corrected chi connectivity index (χ4v) is 0.835. The smallest absolute Gasteiger partial charge is 0.139 e. The molecular formula is C9H18N3+. The second kappa shape index (κ2) is 4.80. The Morgan fingerprint density at radius 3 is 2.17 bits per heavy atom. The molecule has 0 amide bonds. The molecule has 0 N–H and O–H groups in total. The van der Waals surface area contributed by atoms with Crippen LogP contribution in [0.25, 0.3) is 0 Å². The predicted octanol–water partition coefficient (Wildman–Crippen LogP) is 2.30. The summed E-state index contributed by atoms with van der Waals surface area (Å²) in [4.78, 5) is 3.94. The first-order chi connectivity index (χ1) is 5.54. The minimum absolute atomic E-state index is 0.481. The number of hydrogen-bond donors (Lipinski definition) is 0. The van der Waals surface area contributed by atoms with Crippen LogP contribution in [0.5, 0.6) is 0 Å². The van der Waals surface area contributed by atoms with Gasteiger partial charge in [0, 0.05) is 5.57 Å². The van der Waals surface area contributed by atoms with Crippen molar-refractivity contribution in [3.05, 3.63) is 11.4 Å². The third kappa shape index (κ3) is 2.57. The van der Waals surface area contributed by atoms with Gasteiger partial charge in [-0.15, -0.1) is 9.81 Å². The van der Waals surface area contributed by atoms with Gasteiger partial charge in [0.2, 0.25) is 0 Å². The van der Waals surface area contributed by atoms with Crippen LogP contribution in [0.1, 0.15) is 20.8 Å². The number of nitrogens with zero attached hydrogens (tertiary/aromatic N) is 3.